The number of halogens is 4. The van der Waals surface area contributed by atoms with Gasteiger partial charge in [0.1, 0.15) is 0 Å². The minimum Gasteiger partial charge on any atom is -0.231 e. The van der Waals surface area contributed by atoms with E-state index in [4.69, 9.17) is 5.14 Å². The summed E-state index contributed by atoms with van der Waals surface area (Å²) < 4.78 is 64.0. The van der Waals surface area contributed by atoms with Crippen LogP contribution in [0.25, 0.3) is 16.9 Å². The molecule has 3 rings (SSSR count). The highest BCUT2D eigenvalue weighted by Gasteiger charge is 2.39. The molecule has 1 aromatic heterocycles. The van der Waals surface area contributed by atoms with Gasteiger partial charge < -0.3 is 0 Å². The van der Waals surface area contributed by atoms with Crippen molar-refractivity contribution in [2.24, 2.45) is 5.14 Å². The van der Waals surface area contributed by atoms with Crippen molar-refractivity contribution in [1.82, 2.24) is 9.78 Å². The highest BCUT2D eigenvalue weighted by atomic mass is 127. The van der Waals surface area contributed by atoms with Crippen molar-refractivity contribution in [1.29, 1.82) is 0 Å². The van der Waals surface area contributed by atoms with Gasteiger partial charge in [-0.1, -0.05) is 29.8 Å². The van der Waals surface area contributed by atoms with Crippen molar-refractivity contribution in [3.05, 3.63) is 63.4 Å². The number of benzene rings is 2. The molecule has 0 saturated carbocycles. The smallest absolute Gasteiger partial charge is 0.231 e. The Morgan fingerprint density at radius 2 is 1.59 bits per heavy atom. The van der Waals surface area contributed by atoms with Crippen LogP contribution in [0.15, 0.2) is 53.4 Å². The molecular formula is C17H13F3IN3O2S. The lowest BCUT2D eigenvalue weighted by atomic mass is 10.1. The van der Waals surface area contributed by atoms with Crippen molar-refractivity contribution >= 4 is 32.6 Å². The van der Waals surface area contributed by atoms with E-state index in [1.54, 1.807) is 46.9 Å². The summed E-state index contributed by atoms with van der Waals surface area (Å²) in [5.41, 5.74) is 1.07. The Morgan fingerprint density at radius 3 is 2.07 bits per heavy atom. The highest BCUT2D eigenvalue weighted by Crippen LogP contribution is 2.38. The fourth-order valence-electron chi connectivity index (χ4n) is 2.50. The summed E-state index contributed by atoms with van der Waals surface area (Å²) in [6.07, 6.45) is -4.62. The van der Waals surface area contributed by atoms with E-state index in [0.717, 1.165) is 10.2 Å². The van der Waals surface area contributed by atoms with Crippen LogP contribution < -0.4 is 5.14 Å². The van der Waals surface area contributed by atoms with E-state index in [1.165, 1.54) is 24.3 Å². The molecule has 0 aliphatic heterocycles. The lowest BCUT2D eigenvalue weighted by Crippen LogP contribution is -2.12. The van der Waals surface area contributed by atoms with Gasteiger partial charge in [-0.3, -0.25) is 0 Å². The third-order valence-corrected chi connectivity index (χ3v) is 5.78. The lowest BCUT2D eigenvalue weighted by molar-refractivity contribution is -0.142. The number of nitrogens with two attached hydrogens (primary N) is 1. The zero-order chi connectivity index (χ0) is 20.0. The van der Waals surface area contributed by atoms with E-state index < -0.39 is 21.9 Å². The first-order valence-corrected chi connectivity index (χ1v) is 10.2. The first-order chi connectivity index (χ1) is 12.5. The van der Waals surface area contributed by atoms with Crippen LogP contribution in [0.2, 0.25) is 0 Å². The molecule has 10 heteroatoms. The standard InChI is InChI=1S/C17H13F3IN3O2S/c1-10-2-4-11(5-3-10)15-14(21)16(17(18,19)20)23-24(15)12-6-8-13(9-7-12)27(22,25)26/h2-9H,1H3,(H2,22,25,26). The van der Waals surface area contributed by atoms with E-state index in [0.29, 0.717) is 5.56 Å². The number of aryl methyl sites for hydroxylation is 1. The summed E-state index contributed by atoms with van der Waals surface area (Å²) in [5, 5.41) is 8.81. The molecule has 0 fully saturated rings. The number of hydrogen-bond acceptors (Lipinski definition) is 3. The maximum Gasteiger partial charge on any atom is 0.436 e. The summed E-state index contributed by atoms with van der Waals surface area (Å²) in [6, 6.07) is 12.2. The van der Waals surface area contributed by atoms with Gasteiger partial charge in [-0.25, -0.2) is 18.2 Å². The fourth-order valence-corrected chi connectivity index (χ4v) is 3.97. The Kier molecular flexibility index (Phi) is 5.08. The van der Waals surface area contributed by atoms with Crippen molar-refractivity contribution in [3.63, 3.8) is 0 Å². The number of aromatic nitrogens is 2. The van der Waals surface area contributed by atoms with Crippen molar-refractivity contribution in [3.8, 4) is 16.9 Å². The molecule has 142 valence electrons. The van der Waals surface area contributed by atoms with Gasteiger partial charge in [0, 0.05) is 5.56 Å². The van der Waals surface area contributed by atoms with E-state index >= 15 is 0 Å². The van der Waals surface area contributed by atoms with Crippen molar-refractivity contribution in [2.45, 2.75) is 18.0 Å². The van der Waals surface area contributed by atoms with Gasteiger partial charge in [-0.2, -0.15) is 18.3 Å². The normalized spacial score (nSPS) is 12.4. The van der Waals surface area contributed by atoms with Gasteiger partial charge in [-0.05, 0) is 53.8 Å². The molecule has 2 aromatic carbocycles. The molecule has 0 unspecified atom stereocenters. The zero-order valence-electron chi connectivity index (χ0n) is 13.8. The number of sulfonamides is 1. The molecule has 5 nitrogen and oxygen atoms in total. The van der Waals surface area contributed by atoms with Crippen LogP contribution in [0.5, 0.6) is 0 Å². The SMILES string of the molecule is Cc1ccc(-c2c(I)c(C(F)(F)F)nn2-c2ccc(S(N)(=O)=O)cc2)cc1. The highest BCUT2D eigenvalue weighted by molar-refractivity contribution is 14.1. The Balaban J connectivity index is 2.24. The van der Waals surface area contributed by atoms with Crippen LogP contribution in [-0.2, 0) is 16.2 Å². The maximum absolute atomic E-state index is 13.4. The second-order valence-electron chi connectivity index (χ2n) is 5.83. The van der Waals surface area contributed by atoms with E-state index in [-0.39, 0.29) is 19.8 Å². The molecule has 0 spiro atoms. The largest absolute Gasteiger partial charge is 0.436 e. The minimum atomic E-state index is -4.62. The second-order valence-corrected chi connectivity index (χ2v) is 8.47. The molecule has 0 aliphatic carbocycles. The molecule has 0 atom stereocenters. The predicted molar refractivity (Wildman–Crippen MR) is 103 cm³/mol. The lowest BCUT2D eigenvalue weighted by Gasteiger charge is -2.09. The van der Waals surface area contributed by atoms with Crippen LogP contribution in [0.4, 0.5) is 13.2 Å². The molecule has 0 saturated heterocycles. The fraction of sp³-hybridized carbons (Fsp3) is 0.118. The third kappa shape index (κ3) is 4.01. The van der Waals surface area contributed by atoms with Gasteiger partial charge >= 0.3 is 6.18 Å². The second kappa shape index (κ2) is 6.91. The van der Waals surface area contributed by atoms with Gasteiger partial charge in [0.25, 0.3) is 0 Å². The molecule has 27 heavy (non-hydrogen) atoms. The number of primary sulfonamides is 1. The summed E-state index contributed by atoms with van der Waals surface area (Å²) in [6.45, 7) is 1.87. The van der Waals surface area contributed by atoms with Gasteiger partial charge in [0.2, 0.25) is 10.0 Å². The van der Waals surface area contributed by atoms with Crippen molar-refractivity contribution in [2.75, 3.05) is 0 Å². The zero-order valence-corrected chi connectivity index (χ0v) is 16.8. The molecule has 0 aliphatic rings. The predicted octanol–water partition coefficient (Wildman–Crippen LogP) is 4.12. The Bertz CT molecular complexity index is 1090. The Hall–Kier alpha value is -1.92. The molecule has 3 aromatic rings. The third-order valence-electron chi connectivity index (χ3n) is 3.83. The first-order valence-electron chi connectivity index (χ1n) is 7.54. The quantitative estimate of drug-likeness (QED) is 0.542. The van der Waals surface area contributed by atoms with E-state index in [1.807, 2.05) is 6.92 Å². The average molecular weight is 507 g/mol. The van der Waals surface area contributed by atoms with Crippen LogP contribution >= 0.6 is 22.6 Å². The van der Waals surface area contributed by atoms with Crippen molar-refractivity contribution < 1.29 is 21.6 Å². The monoisotopic (exact) mass is 507 g/mol. The Labute approximate surface area is 167 Å². The van der Waals surface area contributed by atoms with Gasteiger partial charge in [0.15, 0.2) is 5.69 Å². The minimum absolute atomic E-state index is 0.0422. The topological polar surface area (TPSA) is 78.0 Å². The molecule has 0 amide bonds. The summed E-state index contributed by atoms with van der Waals surface area (Å²) in [7, 11) is -3.91. The van der Waals surface area contributed by atoms with Crippen LogP contribution in [0, 0.1) is 10.5 Å². The maximum atomic E-state index is 13.4. The molecule has 0 radical (unpaired) electrons. The number of alkyl halides is 3. The Morgan fingerprint density at radius 1 is 1.04 bits per heavy atom. The van der Waals surface area contributed by atoms with E-state index in [2.05, 4.69) is 5.10 Å². The summed E-state index contributed by atoms with van der Waals surface area (Å²) in [5.74, 6) is 0. The number of rotatable bonds is 3. The molecule has 2 N–H and O–H groups in total. The molecular weight excluding hydrogens is 494 g/mol. The van der Waals surface area contributed by atoms with Crippen LogP contribution in [0.3, 0.4) is 0 Å². The molecule has 0 bridgehead atoms. The first kappa shape index (κ1) is 19.8. The number of hydrogen-bond donors (Lipinski definition) is 1. The van der Waals surface area contributed by atoms with Crippen LogP contribution in [0.1, 0.15) is 11.3 Å². The summed E-state index contributed by atoms with van der Waals surface area (Å²) >= 11 is 1.63. The van der Waals surface area contributed by atoms with E-state index in [9.17, 15) is 21.6 Å². The van der Waals surface area contributed by atoms with Crippen LogP contribution in [-0.4, -0.2) is 18.2 Å². The van der Waals surface area contributed by atoms with Gasteiger partial charge in [-0.15, -0.1) is 0 Å². The molecule has 1 heterocycles. The van der Waals surface area contributed by atoms with Gasteiger partial charge in [0.05, 0.1) is 19.8 Å². The summed E-state index contributed by atoms with van der Waals surface area (Å²) in [4.78, 5) is -0.138. The number of nitrogens with zero attached hydrogens (tertiary/aromatic N) is 2. The average Bonchev–Trinajstić information content (AvgIpc) is 2.92.